The summed E-state index contributed by atoms with van der Waals surface area (Å²) in [6, 6.07) is 1.32. The Morgan fingerprint density at radius 2 is 2.31 bits per heavy atom. The zero-order valence-electron chi connectivity index (χ0n) is 15.2. The third kappa shape index (κ3) is 2.86. The van der Waals surface area contributed by atoms with Gasteiger partial charge in [0.15, 0.2) is 5.96 Å². The molecule has 2 aliphatic rings. The molecule has 2 saturated heterocycles. The third-order valence-corrected chi connectivity index (χ3v) is 5.40. The Labute approximate surface area is 152 Å². The average Bonchev–Trinajstić information content (AvgIpc) is 2.61. The van der Waals surface area contributed by atoms with Gasteiger partial charge in [-0.25, -0.2) is 4.39 Å². The molecule has 3 atom stereocenters. The molecule has 3 heterocycles. The van der Waals surface area contributed by atoms with E-state index in [4.69, 9.17) is 10.1 Å². The van der Waals surface area contributed by atoms with Crippen molar-refractivity contribution >= 4 is 5.96 Å². The van der Waals surface area contributed by atoms with E-state index in [0.717, 1.165) is 5.70 Å². The van der Waals surface area contributed by atoms with Crippen LogP contribution in [-0.2, 0) is 16.8 Å². The first-order chi connectivity index (χ1) is 12.3. The van der Waals surface area contributed by atoms with Crippen LogP contribution in [0.2, 0.25) is 0 Å². The Balaban J connectivity index is 2.11. The molecule has 0 radical (unpaired) electrons. The maximum atomic E-state index is 15.1. The minimum Gasteiger partial charge on any atom is -0.376 e. The summed E-state index contributed by atoms with van der Waals surface area (Å²) in [5, 5.41) is 11.3. The second-order valence-electron chi connectivity index (χ2n) is 7.05. The minimum atomic E-state index is -1.01. The number of guanidine groups is 1. The highest BCUT2D eigenvalue weighted by Gasteiger charge is 2.52. The Bertz CT molecular complexity index is 818. The van der Waals surface area contributed by atoms with Crippen molar-refractivity contribution in [2.75, 3.05) is 13.7 Å². The summed E-state index contributed by atoms with van der Waals surface area (Å²) in [6.07, 6.45) is 4.12. The van der Waals surface area contributed by atoms with Crippen LogP contribution in [-0.4, -0.2) is 35.2 Å². The third-order valence-electron chi connectivity index (χ3n) is 5.40. The predicted molar refractivity (Wildman–Crippen MR) is 98.4 cm³/mol. The highest BCUT2D eigenvalue weighted by atomic mass is 19.1. The molecule has 1 aromatic heterocycles. The van der Waals surface area contributed by atoms with Gasteiger partial charge in [0, 0.05) is 43.0 Å². The topological polar surface area (TPSA) is 70.3 Å². The largest absolute Gasteiger partial charge is 0.376 e. The van der Waals surface area contributed by atoms with Crippen molar-refractivity contribution in [1.29, 1.82) is 5.41 Å². The van der Waals surface area contributed by atoms with Crippen LogP contribution in [0.5, 0.6) is 0 Å². The van der Waals surface area contributed by atoms with E-state index in [0.29, 0.717) is 19.4 Å². The smallest absolute Gasteiger partial charge is 0.251 e. The molecule has 6 nitrogen and oxygen atoms in total. The lowest BCUT2D eigenvalue weighted by Crippen LogP contribution is -2.66. The standard InChI is InChI=1S/C19H25FN4O2/c1-5-6-7-24-10-16(20)15(9-17(24)25)19-11-26-12(2)8-14(19)13(3)23(4)18(21)22-19/h5,9-10,12,14H,1,3,6-8,11H2,2,4H3,(H2,21,22)/t12-,14-,19-/m0/s1. The molecule has 140 valence electrons. The van der Waals surface area contributed by atoms with Gasteiger partial charge in [-0.15, -0.1) is 6.58 Å². The molecular formula is C19H25FN4O2. The first-order valence-electron chi connectivity index (χ1n) is 8.72. The van der Waals surface area contributed by atoms with Crippen LogP contribution in [0.15, 0.2) is 42.0 Å². The molecule has 7 heteroatoms. The zero-order chi connectivity index (χ0) is 19.1. The molecule has 0 bridgehead atoms. The Morgan fingerprint density at radius 1 is 1.58 bits per heavy atom. The maximum absolute atomic E-state index is 15.1. The van der Waals surface area contributed by atoms with Crippen LogP contribution < -0.4 is 10.9 Å². The molecule has 2 aliphatic heterocycles. The molecule has 0 aromatic carbocycles. The first kappa shape index (κ1) is 18.4. The number of aryl methyl sites for hydroxylation is 1. The predicted octanol–water partition coefficient (Wildman–Crippen LogP) is 2.17. The van der Waals surface area contributed by atoms with E-state index in [-0.39, 0.29) is 35.7 Å². The van der Waals surface area contributed by atoms with Crippen molar-refractivity contribution in [2.24, 2.45) is 5.92 Å². The highest BCUT2D eigenvalue weighted by molar-refractivity contribution is 5.81. The van der Waals surface area contributed by atoms with E-state index < -0.39 is 11.4 Å². The second kappa shape index (κ2) is 6.72. The number of ether oxygens (including phenoxy) is 1. The number of nitrogens with one attached hydrogen (secondary N) is 2. The van der Waals surface area contributed by atoms with Crippen LogP contribution in [0.25, 0.3) is 0 Å². The lowest BCUT2D eigenvalue weighted by Gasteiger charge is -2.53. The van der Waals surface area contributed by atoms with Crippen molar-refractivity contribution in [3.05, 3.63) is 58.9 Å². The Morgan fingerprint density at radius 3 is 3.00 bits per heavy atom. The molecule has 3 rings (SSSR count). The van der Waals surface area contributed by atoms with E-state index in [1.54, 1.807) is 18.0 Å². The quantitative estimate of drug-likeness (QED) is 0.808. The zero-order valence-corrected chi connectivity index (χ0v) is 15.2. The summed E-state index contributed by atoms with van der Waals surface area (Å²) < 4.78 is 22.2. The number of halogens is 1. The van der Waals surface area contributed by atoms with Crippen LogP contribution in [0.4, 0.5) is 4.39 Å². The number of aromatic nitrogens is 1. The molecule has 0 aliphatic carbocycles. The van der Waals surface area contributed by atoms with E-state index in [1.807, 2.05) is 6.92 Å². The molecule has 1 aromatic rings. The Kier molecular flexibility index (Phi) is 4.75. The summed E-state index contributed by atoms with van der Waals surface area (Å²) in [5.41, 5.74) is -0.339. The normalized spacial score (nSPS) is 28.5. The molecule has 2 N–H and O–H groups in total. The summed E-state index contributed by atoms with van der Waals surface area (Å²) in [5.74, 6) is -0.558. The highest BCUT2D eigenvalue weighted by Crippen LogP contribution is 2.45. The maximum Gasteiger partial charge on any atom is 0.251 e. The van der Waals surface area contributed by atoms with E-state index in [1.165, 1.54) is 16.8 Å². The van der Waals surface area contributed by atoms with Gasteiger partial charge in [0.25, 0.3) is 5.56 Å². The van der Waals surface area contributed by atoms with Crippen molar-refractivity contribution in [1.82, 2.24) is 14.8 Å². The molecule has 0 spiro atoms. The van der Waals surface area contributed by atoms with Gasteiger partial charge in [0.1, 0.15) is 5.82 Å². The number of pyridine rings is 1. The fourth-order valence-corrected chi connectivity index (χ4v) is 3.82. The van der Waals surface area contributed by atoms with Crippen LogP contribution in [0, 0.1) is 17.1 Å². The number of nitrogens with zero attached hydrogens (tertiary/aromatic N) is 2. The lowest BCUT2D eigenvalue weighted by atomic mass is 9.71. The van der Waals surface area contributed by atoms with Crippen molar-refractivity contribution < 1.29 is 9.13 Å². The summed E-state index contributed by atoms with van der Waals surface area (Å²) in [7, 11) is 1.76. The molecular weight excluding hydrogens is 335 g/mol. The number of allylic oxidation sites excluding steroid dienone is 1. The van der Waals surface area contributed by atoms with Gasteiger partial charge in [-0.1, -0.05) is 12.7 Å². The average molecular weight is 360 g/mol. The van der Waals surface area contributed by atoms with Crippen molar-refractivity contribution in [2.45, 2.75) is 38.0 Å². The number of hydrogen-bond donors (Lipinski definition) is 2. The van der Waals surface area contributed by atoms with Crippen molar-refractivity contribution in [3.8, 4) is 0 Å². The van der Waals surface area contributed by atoms with Gasteiger partial charge in [0.05, 0.1) is 18.2 Å². The van der Waals surface area contributed by atoms with Gasteiger partial charge >= 0.3 is 0 Å². The SMILES string of the molecule is C=CCCn1cc(F)c([C@]23CO[C@@H](C)C[C@H]2C(=C)N(C)C(=N)N3)cc1=O. The van der Waals surface area contributed by atoms with Crippen LogP contribution in [0.3, 0.4) is 0 Å². The van der Waals surface area contributed by atoms with Crippen LogP contribution in [0.1, 0.15) is 25.3 Å². The summed E-state index contributed by atoms with van der Waals surface area (Å²) in [4.78, 5) is 14.2. The van der Waals surface area contributed by atoms with Gasteiger partial charge in [-0.2, -0.15) is 0 Å². The van der Waals surface area contributed by atoms with E-state index >= 15 is 4.39 Å². The van der Waals surface area contributed by atoms with Crippen LogP contribution >= 0.6 is 0 Å². The molecule has 26 heavy (non-hydrogen) atoms. The summed E-state index contributed by atoms with van der Waals surface area (Å²) >= 11 is 0. The fraction of sp³-hybridized carbons (Fsp3) is 0.474. The summed E-state index contributed by atoms with van der Waals surface area (Å²) in [6.45, 7) is 10.3. The number of fused-ring (bicyclic) bond motifs is 1. The number of rotatable bonds is 4. The fourth-order valence-electron chi connectivity index (χ4n) is 3.82. The van der Waals surface area contributed by atoms with Gasteiger partial charge in [-0.05, 0) is 19.8 Å². The van der Waals surface area contributed by atoms with Gasteiger partial charge in [0.2, 0.25) is 0 Å². The van der Waals surface area contributed by atoms with E-state index in [9.17, 15) is 4.79 Å². The first-order valence-corrected chi connectivity index (χ1v) is 8.72. The Hall–Kier alpha value is -2.41. The van der Waals surface area contributed by atoms with Gasteiger partial charge < -0.3 is 19.5 Å². The molecule has 0 saturated carbocycles. The molecule has 2 fully saturated rings. The van der Waals surface area contributed by atoms with Crippen molar-refractivity contribution in [3.63, 3.8) is 0 Å². The van der Waals surface area contributed by atoms with E-state index in [2.05, 4.69) is 18.5 Å². The monoisotopic (exact) mass is 360 g/mol. The second-order valence-corrected chi connectivity index (χ2v) is 7.05. The molecule has 0 unspecified atom stereocenters. The van der Waals surface area contributed by atoms with Gasteiger partial charge in [-0.3, -0.25) is 10.2 Å². The minimum absolute atomic E-state index is 0.0108. The molecule has 0 amide bonds. The lowest BCUT2D eigenvalue weighted by molar-refractivity contribution is -0.0631. The number of hydrogen-bond acceptors (Lipinski definition) is 3.